The quantitative estimate of drug-likeness (QED) is 0.373. The molecule has 13 atom stereocenters. The molecular formula is C34H48O2. The van der Waals surface area contributed by atoms with Crippen molar-refractivity contribution in [1.82, 2.24) is 0 Å². The Morgan fingerprint density at radius 2 is 1.47 bits per heavy atom. The Morgan fingerprint density at radius 3 is 2.28 bits per heavy atom. The first-order chi connectivity index (χ1) is 17.7. The largest absolute Gasteiger partial charge is 0.498 e. The van der Waals surface area contributed by atoms with E-state index in [0.29, 0.717) is 6.10 Å². The Kier molecular flexibility index (Phi) is 6.48. The molecule has 9 aliphatic rings. The van der Waals surface area contributed by atoms with Gasteiger partial charge in [-0.15, -0.1) is 0 Å². The standard InChI is InChI=1S/C12H20O.C12H16O.C10H12/c2*1-2-13-12-7-8-6-11(12)10-5-3-4-9(8)10;1-2-9-7-4-5-8(6-7)10(9)3-1/h8-12H,2-7H2,1H3;3,5,7-11H,2,4,6H2,1H3;1-2,4-5,7-10H,3,6H2. The summed E-state index contributed by atoms with van der Waals surface area (Å²) in [5.74, 6) is 12.6. The fraction of sp³-hybridized carbons (Fsp3) is 0.765. The van der Waals surface area contributed by atoms with Crippen molar-refractivity contribution < 1.29 is 9.47 Å². The van der Waals surface area contributed by atoms with Gasteiger partial charge in [0.15, 0.2) is 0 Å². The summed E-state index contributed by atoms with van der Waals surface area (Å²) in [4.78, 5) is 0. The van der Waals surface area contributed by atoms with Crippen LogP contribution in [-0.4, -0.2) is 19.3 Å². The monoisotopic (exact) mass is 488 g/mol. The third-order valence-electron chi connectivity index (χ3n) is 12.1. The lowest BCUT2D eigenvalue weighted by molar-refractivity contribution is -0.00383. The predicted octanol–water partition coefficient (Wildman–Crippen LogP) is 7.98. The van der Waals surface area contributed by atoms with Crippen molar-refractivity contribution in [3.05, 3.63) is 48.3 Å². The third kappa shape index (κ3) is 3.91. The molecule has 0 aromatic heterocycles. The maximum Gasteiger partial charge on any atom is 0.0959 e. The van der Waals surface area contributed by atoms with Gasteiger partial charge in [-0.2, -0.15) is 0 Å². The molecule has 2 nitrogen and oxygen atoms in total. The average Bonchev–Trinajstić information content (AvgIpc) is 3.73. The second kappa shape index (κ2) is 9.79. The summed E-state index contributed by atoms with van der Waals surface area (Å²) in [6.07, 6.45) is 30.4. The molecular weight excluding hydrogens is 440 g/mol. The Bertz CT molecular complexity index is 927. The molecule has 2 heteroatoms. The molecule has 5 fully saturated rings. The summed E-state index contributed by atoms with van der Waals surface area (Å²) in [6, 6.07) is 0. The number of ether oxygens (including phenoxy) is 2. The molecule has 13 unspecified atom stereocenters. The Balaban J connectivity index is 0.0000000927. The zero-order valence-corrected chi connectivity index (χ0v) is 22.6. The summed E-state index contributed by atoms with van der Waals surface area (Å²) in [6.45, 7) is 5.97. The molecule has 0 aromatic rings. The fourth-order valence-electron chi connectivity index (χ4n) is 10.7. The van der Waals surface area contributed by atoms with Crippen LogP contribution < -0.4 is 0 Å². The van der Waals surface area contributed by atoms with Crippen LogP contribution in [0.3, 0.4) is 0 Å². The maximum atomic E-state index is 5.84. The molecule has 0 amide bonds. The van der Waals surface area contributed by atoms with Crippen molar-refractivity contribution in [2.75, 3.05) is 13.2 Å². The number of rotatable bonds is 4. The predicted molar refractivity (Wildman–Crippen MR) is 146 cm³/mol. The number of hydrogen-bond acceptors (Lipinski definition) is 2. The van der Waals surface area contributed by atoms with E-state index in [1.165, 1.54) is 63.5 Å². The zero-order valence-electron chi connectivity index (χ0n) is 22.6. The van der Waals surface area contributed by atoms with Crippen LogP contribution in [0.4, 0.5) is 0 Å². The molecule has 5 saturated carbocycles. The van der Waals surface area contributed by atoms with E-state index in [4.69, 9.17) is 9.47 Å². The van der Waals surface area contributed by atoms with Gasteiger partial charge in [0.05, 0.1) is 18.5 Å². The molecule has 196 valence electrons. The zero-order chi connectivity index (χ0) is 24.2. The Morgan fingerprint density at radius 1 is 0.694 bits per heavy atom. The highest BCUT2D eigenvalue weighted by molar-refractivity contribution is 5.26. The molecule has 0 N–H and O–H groups in total. The van der Waals surface area contributed by atoms with Crippen LogP contribution in [0.1, 0.15) is 71.6 Å². The van der Waals surface area contributed by atoms with Crippen LogP contribution in [0.5, 0.6) is 0 Å². The minimum absolute atomic E-state index is 0.648. The van der Waals surface area contributed by atoms with E-state index < -0.39 is 0 Å². The molecule has 0 spiro atoms. The van der Waals surface area contributed by atoms with Gasteiger partial charge in [0, 0.05) is 12.5 Å². The van der Waals surface area contributed by atoms with E-state index in [2.05, 4.69) is 56.4 Å². The second-order valence-corrected chi connectivity index (χ2v) is 13.4. The van der Waals surface area contributed by atoms with Gasteiger partial charge in [-0.25, -0.2) is 0 Å². The van der Waals surface area contributed by atoms with Crippen LogP contribution >= 0.6 is 0 Å². The fourth-order valence-corrected chi connectivity index (χ4v) is 10.7. The van der Waals surface area contributed by atoms with E-state index in [1.807, 2.05) is 0 Å². The van der Waals surface area contributed by atoms with Crippen LogP contribution in [0.15, 0.2) is 48.3 Å². The highest BCUT2D eigenvalue weighted by Gasteiger charge is 2.54. The number of fused-ring (bicyclic) bond motifs is 15. The van der Waals surface area contributed by atoms with E-state index in [9.17, 15) is 0 Å². The summed E-state index contributed by atoms with van der Waals surface area (Å²) in [7, 11) is 0. The SMILES string of the molecule is C1=CC2C3C=CC(C3)C2C1.CCOC1=CC2CC1C1C=CCC21.CCOC1CC2CC1C1CCCC21. The lowest BCUT2D eigenvalue weighted by Crippen LogP contribution is -2.30. The van der Waals surface area contributed by atoms with Gasteiger partial charge < -0.3 is 9.47 Å². The van der Waals surface area contributed by atoms with Crippen molar-refractivity contribution in [3.8, 4) is 0 Å². The third-order valence-corrected chi connectivity index (χ3v) is 12.1. The first-order valence-electron chi connectivity index (χ1n) is 15.7. The Hall–Kier alpha value is -1.28. The van der Waals surface area contributed by atoms with Crippen LogP contribution in [0.2, 0.25) is 0 Å². The molecule has 9 aliphatic carbocycles. The van der Waals surface area contributed by atoms with Gasteiger partial charge in [0.2, 0.25) is 0 Å². The highest BCUT2D eigenvalue weighted by Crippen LogP contribution is 2.59. The van der Waals surface area contributed by atoms with E-state index in [1.54, 1.807) is 0 Å². The van der Waals surface area contributed by atoms with Gasteiger partial charge in [0.25, 0.3) is 0 Å². The molecule has 0 aliphatic heterocycles. The van der Waals surface area contributed by atoms with Gasteiger partial charge in [-0.05, 0) is 136 Å². The molecule has 0 radical (unpaired) electrons. The molecule has 36 heavy (non-hydrogen) atoms. The topological polar surface area (TPSA) is 18.5 Å². The summed E-state index contributed by atoms with van der Waals surface area (Å²) in [5.41, 5.74) is 0. The second-order valence-electron chi connectivity index (χ2n) is 13.4. The summed E-state index contributed by atoms with van der Waals surface area (Å²) >= 11 is 0. The first-order valence-corrected chi connectivity index (χ1v) is 15.7. The molecule has 9 rings (SSSR count). The van der Waals surface area contributed by atoms with E-state index in [-0.39, 0.29) is 0 Å². The molecule has 6 bridgehead atoms. The van der Waals surface area contributed by atoms with Crippen molar-refractivity contribution in [2.24, 2.45) is 71.0 Å². The average molecular weight is 489 g/mol. The van der Waals surface area contributed by atoms with Gasteiger partial charge >= 0.3 is 0 Å². The lowest BCUT2D eigenvalue weighted by Gasteiger charge is -2.31. The van der Waals surface area contributed by atoms with Crippen LogP contribution in [0.25, 0.3) is 0 Å². The highest BCUT2D eigenvalue weighted by atomic mass is 16.5. The Labute approximate surface area is 219 Å². The lowest BCUT2D eigenvalue weighted by atomic mass is 9.80. The van der Waals surface area contributed by atoms with Crippen molar-refractivity contribution in [2.45, 2.75) is 77.7 Å². The molecule has 0 saturated heterocycles. The van der Waals surface area contributed by atoms with Crippen molar-refractivity contribution in [3.63, 3.8) is 0 Å². The minimum atomic E-state index is 0.648. The molecule has 0 aromatic carbocycles. The van der Waals surface area contributed by atoms with Crippen LogP contribution in [0, 0.1) is 71.0 Å². The maximum absolute atomic E-state index is 5.84. The first kappa shape index (κ1) is 23.8. The van der Waals surface area contributed by atoms with Gasteiger partial charge in [-0.1, -0.05) is 42.9 Å². The molecule has 0 heterocycles. The normalized spacial score (nSPS) is 50.5. The van der Waals surface area contributed by atoms with Gasteiger partial charge in [0.1, 0.15) is 0 Å². The van der Waals surface area contributed by atoms with Crippen LogP contribution in [-0.2, 0) is 9.47 Å². The van der Waals surface area contributed by atoms with Gasteiger partial charge in [-0.3, -0.25) is 0 Å². The van der Waals surface area contributed by atoms with E-state index in [0.717, 1.165) is 84.2 Å². The summed E-state index contributed by atoms with van der Waals surface area (Å²) in [5, 5.41) is 0. The van der Waals surface area contributed by atoms with Crippen molar-refractivity contribution >= 4 is 0 Å². The van der Waals surface area contributed by atoms with E-state index >= 15 is 0 Å². The summed E-state index contributed by atoms with van der Waals surface area (Å²) < 4.78 is 11.5. The number of allylic oxidation sites excluding steroid dienone is 8. The number of hydrogen-bond donors (Lipinski definition) is 0. The minimum Gasteiger partial charge on any atom is -0.498 e. The smallest absolute Gasteiger partial charge is 0.0959 e. The van der Waals surface area contributed by atoms with Crippen molar-refractivity contribution in [1.29, 1.82) is 0 Å².